The SMILES string of the molecule is COc1cccc(C=NNc2ccc(S(=O)(=O)Nc3cccc(Cl)c3)cc2[N+](=O)[O-])c1OC. The highest BCUT2D eigenvalue weighted by atomic mass is 35.5. The van der Waals surface area contributed by atoms with Gasteiger partial charge in [0, 0.05) is 16.7 Å². The normalized spacial score (nSPS) is 11.2. The second-order valence-corrected chi connectivity index (χ2v) is 8.62. The zero-order chi connectivity index (χ0) is 24.0. The fraction of sp³-hybridized carbons (Fsp3) is 0.0952. The van der Waals surface area contributed by atoms with Crippen molar-refractivity contribution in [2.75, 3.05) is 24.4 Å². The van der Waals surface area contributed by atoms with Gasteiger partial charge in [-0.05, 0) is 42.5 Å². The summed E-state index contributed by atoms with van der Waals surface area (Å²) in [6.45, 7) is 0. The van der Waals surface area contributed by atoms with Gasteiger partial charge in [0.05, 0.1) is 35.9 Å². The molecular weight excluding hydrogens is 472 g/mol. The Morgan fingerprint density at radius 3 is 2.48 bits per heavy atom. The molecule has 0 aliphatic carbocycles. The molecule has 172 valence electrons. The third-order valence-electron chi connectivity index (χ3n) is 4.38. The number of halogens is 1. The Kier molecular flexibility index (Phi) is 7.36. The Hall–Kier alpha value is -3.83. The van der Waals surface area contributed by atoms with E-state index in [-0.39, 0.29) is 16.3 Å². The molecule has 0 aliphatic heterocycles. The minimum atomic E-state index is -4.09. The summed E-state index contributed by atoms with van der Waals surface area (Å²) in [5, 5.41) is 15.9. The molecule has 0 aliphatic rings. The Morgan fingerprint density at radius 1 is 1.06 bits per heavy atom. The molecule has 0 heterocycles. The number of methoxy groups -OCH3 is 2. The van der Waals surface area contributed by atoms with Gasteiger partial charge in [-0.1, -0.05) is 23.7 Å². The Morgan fingerprint density at radius 2 is 1.82 bits per heavy atom. The second-order valence-electron chi connectivity index (χ2n) is 6.50. The van der Waals surface area contributed by atoms with Crippen LogP contribution in [-0.4, -0.2) is 33.8 Å². The van der Waals surface area contributed by atoms with E-state index >= 15 is 0 Å². The molecule has 0 atom stereocenters. The minimum Gasteiger partial charge on any atom is -0.493 e. The number of para-hydroxylation sites is 1. The van der Waals surface area contributed by atoms with E-state index in [4.69, 9.17) is 21.1 Å². The van der Waals surface area contributed by atoms with Crippen LogP contribution in [0.3, 0.4) is 0 Å². The fourth-order valence-electron chi connectivity index (χ4n) is 2.88. The topological polar surface area (TPSA) is 132 Å². The monoisotopic (exact) mass is 490 g/mol. The molecule has 3 aromatic rings. The molecule has 12 heteroatoms. The molecule has 3 aromatic carbocycles. The van der Waals surface area contributed by atoms with Crippen molar-refractivity contribution in [2.24, 2.45) is 5.10 Å². The summed E-state index contributed by atoms with van der Waals surface area (Å²) < 4.78 is 38.2. The molecule has 2 N–H and O–H groups in total. The molecule has 0 radical (unpaired) electrons. The summed E-state index contributed by atoms with van der Waals surface area (Å²) in [5.74, 6) is 0.933. The van der Waals surface area contributed by atoms with Crippen LogP contribution in [0.4, 0.5) is 17.1 Å². The summed E-state index contributed by atoms with van der Waals surface area (Å²) >= 11 is 5.88. The summed E-state index contributed by atoms with van der Waals surface area (Å²) in [6, 6.07) is 14.7. The standard InChI is InChI=1S/C21H19ClN4O6S/c1-31-20-8-3-5-14(21(20)32-2)13-23-24-18-10-9-17(12-19(18)26(27)28)33(29,30)25-16-7-4-6-15(22)11-16/h3-13,24-25H,1-2H3. The predicted octanol–water partition coefficient (Wildman–Crippen LogP) is 4.51. The van der Waals surface area contributed by atoms with Crippen LogP contribution in [0, 0.1) is 10.1 Å². The minimum absolute atomic E-state index is 0.000168. The third-order valence-corrected chi connectivity index (χ3v) is 5.99. The maximum Gasteiger partial charge on any atom is 0.295 e. The van der Waals surface area contributed by atoms with Gasteiger partial charge in [0.15, 0.2) is 11.5 Å². The van der Waals surface area contributed by atoms with Gasteiger partial charge in [-0.2, -0.15) is 5.10 Å². The molecule has 3 rings (SSSR count). The summed E-state index contributed by atoms with van der Waals surface area (Å²) in [4.78, 5) is 10.6. The van der Waals surface area contributed by atoms with Crippen LogP contribution in [0.5, 0.6) is 11.5 Å². The van der Waals surface area contributed by atoms with Crippen molar-refractivity contribution in [3.05, 3.63) is 81.4 Å². The zero-order valence-electron chi connectivity index (χ0n) is 17.5. The Labute approximate surface area is 195 Å². The van der Waals surface area contributed by atoms with Gasteiger partial charge in [-0.15, -0.1) is 0 Å². The van der Waals surface area contributed by atoms with Gasteiger partial charge < -0.3 is 9.47 Å². The maximum absolute atomic E-state index is 12.7. The highest BCUT2D eigenvalue weighted by Crippen LogP contribution is 2.31. The van der Waals surface area contributed by atoms with E-state index in [1.807, 2.05) is 0 Å². The van der Waals surface area contributed by atoms with Crippen molar-refractivity contribution >= 4 is 44.9 Å². The second kappa shape index (κ2) is 10.2. The Balaban J connectivity index is 1.86. The number of anilines is 2. The van der Waals surface area contributed by atoms with E-state index in [1.165, 1.54) is 44.7 Å². The first-order chi connectivity index (χ1) is 15.7. The van der Waals surface area contributed by atoms with Crippen molar-refractivity contribution in [1.82, 2.24) is 0 Å². The number of hydrogen-bond donors (Lipinski definition) is 2. The number of nitro groups is 1. The van der Waals surface area contributed by atoms with Crippen molar-refractivity contribution in [3.63, 3.8) is 0 Å². The van der Waals surface area contributed by atoms with E-state index < -0.39 is 20.6 Å². The van der Waals surface area contributed by atoms with Gasteiger partial charge in [0.1, 0.15) is 5.69 Å². The van der Waals surface area contributed by atoms with Gasteiger partial charge in [-0.25, -0.2) is 8.42 Å². The van der Waals surface area contributed by atoms with E-state index in [1.54, 1.807) is 30.3 Å². The van der Waals surface area contributed by atoms with E-state index in [9.17, 15) is 18.5 Å². The zero-order valence-corrected chi connectivity index (χ0v) is 19.1. The molecule has 10 nitrogen and oxygen atoms in total. The van der Waals surface area contributed by atoms with Crippen LogP contribution in [0.25, 0.3) is 0 Å². The van der Waals surface area contributed by atoms with Gasteiger partial charge in [-0.3, -0.25) is 20.3 Å². The van der Waals surface area contributed by atoms with Crippen LogP contribution in [0.15, 0.2) is 70.7 Å². The summed E-state index contributed by atoms with van der Waals surface area (Å²) in [7, 11) is -1.12. The number of nitro benzene ring substituents is 1. The number of benzene rings is 3. The van der Waals surface area contributed by atoms with E-state index in [0.29, 0.717) is 22.1 Å². The lowest BCUT2D eigenvalue weighted by Gasteiger charge is -2.10. The highest BCUT2D eigenvalue weighted by Gasteiger charge is 2.22. The molecule has 0 fully saturated rings. The van der Waals surface area contributed by atoms with Crippen LogP contribution >= 0.6 is 11.6 Å². The smallest absolute Gasteiger partial charge is 0.295 e. The van der Waals surface area contributed by atoms with Crippen LogP contribution in [0.1, 0.15) is 5.56 Å². The lowest BCUT2D eigenvalue weighted by Crippen LogP contribution is -2.13. The van der Waals surface area contributed by atoms with Crippen molar-refractivity contribution in [2.45, 2.75) is 4.90 Å². The van der Waals surface area contributed by atoms with E-state index in [0.717, 1.165) is 6.07 Å². The predicted molar refractivity (Wildman–Crippen MR) is 126 cm³/mol. The summed E-state index contributed by atoms with van der Waals surface area (Å²) in [6.07, 6.45) is 1.40. The van der Waals surface area contributed by atoms with Crippen LogP contribution in [-0.2, 0) is 10.0 Å². The lowest BCUT2D eigenvalue weighted by molar-refractivity contribution is -0.384. The van der Waals surface area contributed by atoms with Crippen LogP contribution < -0.4 is 19.6 Å². The first kappa shape index (κ1) is 23.8. The molecule has 0 aromatic heterocycles. The summed E-state index contributed by atoms with van der Waals surface area (Å²) in [5.41, 5.74) is 2.89. The molecular formula is C21H19ClN4O6S. The van der Waals surface area contributed by atoms with Gasteiger partial charge >= 0.3 is 0 Å². The molecule has 0 bridgehead atoms. The number of ether oxygens (including phenoxy) is 2. The molecule has 0 amide bonds. The highest BCUT2D eigenvalue weighted by molar-refractivity contribution is 7.92. The molecule has 33 heavy (non-hydrogen) atoms. The quantitative estimate of drug-likeness (QED) is 0.256. The van der Waals surface area contributed by atoms with Crippen LogP contribution in [0.2, 0.25) is 5.02 Å². The number of hydrazone groups is 1. The molecule has 0 saturated heterocycles. The number of hydrogen-bond acceptors (Lipinski definition) is 8. The number of nitrogens with zero attached hydrogens (tertiary/aromatic N) is 2. The van der Waals surface area contributed by atoms with Crippen molar-refractivity contribution < 1.29 is 22.8 Å². The third kappa shape index (κ3) is 5.70. The van der Waals surface area contributed by atoms with Gasteiger partial charge in [0.2, 0.25) is 0 Å². The largest absolute Gasteiger partial charge is 0.493 e. The number of sulfonamides is 1. The number of nitrogens with one attached hydrogen (secondary N) is 2. The van der Waals surface area contributed by atoms with E-state index in [2.05, 4.69) is 15.2 Å². The average molecular weight is 491 g/mol. The van der Waals surface area contributed by atoms with Gasteiger partial charge in [0.25, 0.3) is 15.7 Å². The number of rotatable bonds is 9. The fourth-order valence-corrected chi connectivity index (χ4v) is 4.13. The first-order valence-electron chi connectivity index (χ1n) is 9.32. The molecule has 0 spiro atoms. The van der Waals surface area contributed by atoms with Crippen molar-refractivity contribution in [3.8, 4) is 11.5 Å². The lowest BCUT2D eigenvalue weighted by atomic mass is 10.2. The average Bonchev–Trinajstić information content (AvgIpc) is 2.78. The van der Waals surface area contributed by atoms with Crippen molar-refractivity contribution in [1.29, 1.82) is 0 Å². The molecule has 0 saturated carbocycles. The molecule has 0 unspecified atom stereocenters. The maximum atomic E-state index is 12.7. The first-order valence-corrected chi connectivity index (χ1v) is 11.2. The Bertz CT molecular complexity index is 1310.